The van der Waals surface area contributed by atoms with Crippen LogP contribution in [0, 0.1) is 0 Å². The van der Waals surface area contributed by atoms with Crippen molar-refractivity contribution in [3.05, 3.63) is 28.2 Å². The molecule has 1 aromatic heterocycles. The summed E-state index contributed by atoms with van der Waals surface area (Å²) >= 11 is 7.29. The number of nitrogens with zero attached hydrogens (tertiary/aromatic N) is 2. The monoisotopic (exact) mass is 266 g/mol. The number of hydrogen-bond donors (Lipinski definition) is 0. The van der Waals surface area contributed by atoms with Crippen LogP contribution in [-0.2, 0) is 0 Å². The minimum atomic E-state index is 0.105. The Kier molecular flexibility index (Phi) is 2.76. The first kappa shape index (κ1) is 11.0. The van der Waals surface area contributed by atoms with Gasteiger partial charge in [-0.25, -0.2) is 4.98 Å². The number of fused-ring (bicyclic) bond motifs is 1. The highest BCUT2D eigenvalue weighted by Crippen LogP contribution is 2.26. The molecule has 1 amide bonds. The molecule has 1 saturated heterocycles. The lowest BCUT2D eigenvalue weighted by Crippen LogP contribution is -2.27. The Bertz CT molecular complexity index is 575. The highest BCUT2D eigenvalue weighted by molar-refractivity contribution is 7.22. The summed E-state index contributed by atoms with van der Waals surface area (Å²) in [7, 11) is 0. The second-order valence-corrected chi connectivity index (χ2v) is 5.76. The van der Waals surface area contributed by atoms with E-state index in [9.17, 15) is 4.79 Å². The van der Waals surface area contributed by atoms with Crippen molar-refractivity contribution in [1.29, 1.82) is 0 Å². The number of hydrogen-bond acceptors (Lipinski definition) is 3. The third-order valence-electron chi connectivity index (χ3n) is 3.00. The molecule has 1 aliphatic rings. The molecule has 0 unspecified atom stereocenters. The first-order chi connectivity index (χ1) is 8.24. The molecule has 0 saturated carbocycles. The maximum atomic E-state index is 12.2. The van der Waals surface area contributed by atoms with E-state index < -0.39 is 0 Å². The van der Waals surface area contributed by atoms with Crippen LogP contribution >= 0.6 is 22.9 Å². The minimum absolute atomic E-state index is 0.105. The van der Waals surface area contributed by atoms with Gasteiger partial charge < -0.3 is 4.90 Å². The fourth-order valence-electron chi connectivity index (χ4n) is 2.14. The third kappa shape index (κ3) is 2.03. The molecule has 17 heavy (non-hydrogen) atoms. The summed E-state index contributed by atoms with van der Waals surface area (Å²) in [4.78, 5) is 18.3. The zero-order valence-electron chi connectivity index (χ0n) is 9.15. The number of amides is 1. The summed E-state index contributed by atoms with van der Waals surface area (Å²) < 4.78 is 1.54. The van der Waals surface area contributed by atoms with E-state index >= 15 is 0 Å². The Morgan fingerprint density at radius 3 is 2.88 bits per heavy atom. The second-order valence-electron chi connectivity index (χ2n) is 4.15. The molecule has 2 heterocycles. The van der Waals surface area contributed by atoms with Crippen LogP contribution < -0.4 is 0 Å². The largest absolute Gasteiger partial charge is 0.339 e. The van der Waals surface area contributed by atoms with Crippen LogP contribution in [0.5, 0.6) is 0 Å². The average Bonchev–Trinajstić information content (AvgIpc) is 2.94. The van der Waals surface area contributed by atoms with Crippen molar-refractivity contribution >= 4 is 39.1 Å². The van der Waals surface area contributed by atoms with E-state index in [0.717, 1.165) is 36.1 Å². The molecule has 0 bridgehead atoms. The zero-order chi connectivity index (χ0) is 11.8. The highest BCUT2D eigenvalue weighted by atomic mass is 35.5. The van der Waals surface area contributed by atoms with Crippen LogP contribution in [0.4, 0.5) is 0 Å². The lowest BCUT2D eigenvalue weighted by Gasteiger charge is -2.14. The maximum Gasteiger partial charge on any atom is 0.253 e. The molecule has 0 spiro atoms. The first-order valence-corrected chi connectivity index (χ1v) is 6.79. The van der Waals surface area contributed by atoms with E-state index in [2.05, 4.69) is 4.98 Å². The predicted octanol–water partition coefficient (Wildman–Crippen LogP) is 3.19. The SMILES string of the molecule is O=C(c1ccc2sc(Cl)nc2c1)N1CCCC1. The Hall–Kier alpha value is -1.13. The van der Waals surface area contributed by atoms with Crippen molar-refractivity contribution in [2.75, 3.05) is 13.1 Å². The van der Waals surface area contributed by atoms with E-state index in [1.54, 1.807) is 0 Å². The van der Waals surface area contributed by atoms with Crippen LogP contribution in [0.2, 0.25) is 4.47 Å². The summed E-state index contributed by atoms with van der Waals surface area (Å²) in [6, 6.07) is 5.61. The van der Waals surface area contributed by atoms with E-state index in [1.807, 2.05) is 23.1 Å². The molecule has 1 fully saturated rings. The molecule has 3 rings (SSSR count). The molecule has 1 aliphatic heterocycles. The smallest absolute Gasteiger partial charge is 0.253 e. The summed E-state index contributed by atoms with van der Waals surface area (Å²) in [5, 5.41) is 0. The van der Waals surface area contributed by atoms with Gasteiger partial charge in [0.1, 0.15) is 0 Å². The van der Waals surface area contributed by atoms with Gasteiger partial charge in [0, 0.05) is 18.7 Å². The quantitative estimate of drug-likeness (QED) is 0.794. The second kappa shape index (κ2) is 4.27. The van der Waals surface area contributed by atoms with Crippen LogP contribution in [0.1, 0.15) is 23.2 Å². The van der Waals surface area contributed by atoms with Crippen LogP contribution in [-0.4, -0.2) is 28.9 Å². The van der Waals surface area contributed by atoms with E-state index in [1.165, 1.54) is 11.3 Å². The van der Waals surface area contributed by atoms with Gasteiger partial charge in [0.15, 0.2) is 4.47 Å². The molecular formula is C12H11ClN2OS. The third-order valence-corrected chi connectivity index (χ3v) is 4.14. The molecule has 0 atom stereocenters. The molecule has 1 aromatic carbocycles. The van der Waals surface area contributed by atoms with Gasteiger partial charge in [0.2, 0.25) is 0 Å². The van der Waals surface area contributed by atoms with Crippen LogP contribution in [0.25, 0.3) is 10.2 Å². The number of thiazole rings is 1. The van der Waals surface area contributed by atoms with Crippen LogP contribution in [0.15, 0.2) is 18.2 Å². The van der Waals surface area contributed by atoms with Gasteiger partial charge in [-0.1, -0.05) is 11.6 Å². The standard InChI is InChI=1S/C12H11ClN2OS/c13-12-14-9-7-8(3-4-10(9)17-12)11(16)15-5-1-2-6-15/h3-4,7H,1-2,5-6H2. The Labute approximate surface area is 108 Å². The zero-order valence-corrected chi connectivity index (χ0v) is 10.7. The van der Waals surface area contributed by atoms with Gasteiger partial charge in [-0.3, -0.25) is 4.79 Å². The maximum absolute atomic E-state index is 12.2. The fourth-order valence-corrected chi connectivity index (χ4v) is 3.15. The summed E-state index contributed by atoms with van der Waals surface area (Å²) in [5.74, 6) is 0.105. The summed E-state index contributed by atoms with van der Waals surface area (Å²) in [5.41, 5.74) is 1.52. The van der Waals surface area contributed by atoms with Crippen molar-refractivity contribution in [2.45, 2.75) is 12.8 Å². The van der Waals surface area contributed by atoms with Crippen molar-refractivity contribution < 1.29 is 4.79 Å². The van der Waals surface area contributed by atoms with Gasteiger partial charge in [-0.15, -0.1) is 11.3 Å². The number of aromatic nitrogens is 1. The Morgan fingerprint density at radius 1 is 1.35 bits per heavy atom. The fraction of sp³-hybridized carbons (Fsp3) is 0.333. The molecule has 0 N–H and O–H groups in total. The average molecular weight is 267 g/mol. The normalized spacial score (nSPS) is 15.7. The van der Waals surface area contributed by atoms with Gasteiger partial charge in [0.05, 0.1) is 10.2 Å². The Morgan fingerprint density at radius 2 is 2.12 bits per heavy atom. The van der Waals surface area contributed by atoms with E-state index in [4.69, 9.17) is 11.6 Å². The predicted molar refractivity (Wildman–Crippen MR) is 69.8 cm³/mol. The Balaban J connectivity index is 1.96. The van der Waals surface area contributed by atoms with Crippen LogP contribution in [0.3, 0.4) is 0 Å². The number of carbonyl (C=O) groups excluding carboxylic acids is 1. The van der Waals surface area contributed by atoms with E-state index in [-0.39, 0.29) is 5.91 Å². The lowest BCUT2D eigenvalue weighted by atomic mass is 10.2. The molecule has 3 nitrogen and oxygen atoms in total. The topological polar surface area (TPSA) is 33.2 Å². The van der Waals surface area contributed by atoms with Gasteiger partial charge in [-0.2, -0.15) is 0 Å². The molecule has 2 aromatic rings. The van der Waals surface area contributed by atoms with Gasteiger partial charge >= 0.3 is 0 Å². The molecule has 0 aliphatic carbocycles. The first-order valence-electron chi connectivity index (χ1n) is 5.59. The van der Waals surface area contributed by atoms with Gasteiger partial charge in [0.25, 0.3) is 5.91 Å². The number of likely N-dealkylation sites (tertiary alicyclic amines) is 1. The van der Waals surface area contributed by atoms with Crippen molar-refractivity contribution in [3.8, 4) is 0 Å². The molecular weight excluding hydrogens is 256 g/mol. The number of rotatable bonds is 1. The number of carbonyl (C=O) groups is 1. The molecule has 88 valence electrons. The van der Waals surface area contributed by atoms with Gasteiger partial charge in [-0.05, 0) is 31.0 Å². The van der Waals surface area contributed by atoms with E-state index in [0.29, 0.717) is 10.0 Å². The summed E-state index contributed by atoms with van der Waals surface area (Å²) in [6.45, 7) is 1.74. The lowest BCUT2D eigenvalue weighted by molar-refractivity contribution is 0.0793. The summed E-state index contributed by atoms with van der Waals surface area (Å²) in [6.07, 6.45) is 2.22. The molecule has 5 heteroatoms. The highest BCUT2D eigenvalue weighted by Gasteiger charge is 2.19. The van der Waals surface area contributed by atoms with Crippen molar-refractivity contribution in [3.63, 3.8) is 0 Å². The number of benzene rings is 1. The molecule has 0 radical (unpaired) electrons. The number of halogens is 1. The minimum Gasteiger partial charge on any atom is -0.339 e. The van der Waals surface area contributed by atoms with Crippen molar-refractivity contribution in [2.24, 2.45) is 0 Å². The van der Waals surface area contributed by atoms with Crippen molar-refractivity contribution in [1.82, 2.24) is 9.88 Å².